The minimum Gasteiger partial charge on any atom is -0.508 e. The summed E-state index contributed by atoms with van der Waals surface area (Å²) in [6, 6.07) is 4.84. The number of aromatic hydroxyl groups is 1. The van der Waals surface area contributed by atoms with Crippen molar-refractivity contribution in [1.82, 2.24) is 4.90 Å². The second kappa shape index (κ2) is 5.03. The fourth-order valence-corrected chi connectivity index (χ4v) is 2.19. The van der Waals surface area contributed by atoms with E-state index in [1.54, 1.807) is 26.2 Å². The third-order valence-electron chi connectivity index (χ3n) is 4.21. The van der Waals surface area contributed by atoms with Gasteiger partial charge in [0.05, 0.1) is 11.2 Å². The molecule has 6 heteroatoms. The van der Waals surface area contributed by atoms with E-state index in [1.807, 2.05) is 27.7 Å². The van der Waals surface area contributed by atoms with Crippen molar-refractivity contribution in [2.75, 3.05) is 14.1 Å². The van der Waals surface area contributed by atoms with Gasteiger partial charge in [0, 0.05) is 25.1 Å². The Labute approximate surface area is 126 Å². The molecule has 0 radical (unpaired) electrons. The molecule has 1 amide bonds. The molecule has 21 heavy (non-hydrogen) atoms. The van der Waals surface area contributed by atoms with E-state index in [2.05, 4.69) is 0 Å². The lowest BCUT2D eigenvalue weighted by Gasteiger charge is -2.32. The highest BCUT2D eigenvalue weighted by atomic mass is 16.7. The van der Waals surface area contributed by atoms with E-state index in [0.717, 1.165) is 0 Å². The minimum absolute atomic E-state index is 0.00111. The first-order chi connectivity index (χ1) is 9.57. The highest BCUT2D eigenvalue weighted by Crippen LogP contribution is 2.37. The molecule has 1 saturated heterocycles. The quantitative estimate of drug-likeness (QED) is 0.837. The number of hydrogen-bond donors (Lipinski definition) is 1. The SMILES string of the molecule is CN(C)C(=O)c1cccc(O)c1B1OC(C)(C)C(C)(C)O1. The summed E-state index contributed by atoms with van der Waals surface area (Å²) in [6.45, 7) is 7.72. The van der Waals surface area contributed by atoms with Gasteiger partial charge in [-0.1, -0.05) is 6.07 Å². The van der Waals surface area contributed by atoms with Gasteiger partial charge < -0.3 is 19.3 Å². The summed E-state index contributed by atoms with van der Waals surface area (Å²) >= 11 is 0. The molecule has 0 bridgehead atoms. The molecule has 0 aromatic heterocycles. The molecule has 1 aromatic carbocycles. The fourth-order valence-electron chi connectivity index (χ4n) is 2.19. The normalized spacial score (nSPS) is 19.6. The lowest BCUT2D eigenvalue weighted by Crippen LogP contribution is -2.41. The van der Waals surface area contributed by atoms with Crippen LogP contribution in [-0.4, -0.2) is 48.3 Å². The van der Waals surface area contributed by atoms with Gasteiger partial charge in [-0.3, -0.25) is 4.79 Å². The third kappa shape index (κ3) is 2.65. The van der Waals surface area contributed by atoms with Crippen LogP contribution in [0.3, 0.4) is 0 Å². The van der Waals surface area contributed by atoms with Gasteiger partial charge >= 0.3 is 7.12 Å². The summed E-state index contributed by atoms with van der Waals surface area (Å²) in [5.41, 5.74) is -0.287. The standard InChI is InChI=1S/C15H22BNO4/c1-14(2)15(3,4)21-16(20-14)12-10(13(19)17(5)6)8-7-9-11(12)18/h7-9,18H,1-6H3. The van der Waals surface area contributed by atoms with Crippen LogP contribution in [0.15, 0.2) is 18.2 Å². The topological polar surface area (TPSA) is 59.0 Å². The predicted molar refractivity (Wildman–Crippen MR) is 81.8 cm³/mol. The van der Waals surface area contributed by atoms with Gasteiger partial charge in [-0.25, -0.2) is 0 Å². The highest BCUT2D eigenvalue weighted by molar-refractivity contribution is 6.64. The van der Waals surface area contributed by atoms with E-state index >= 15 is 0 Å². The number of carbonyl (C=O) groups excluding carboxylic acids is 1. The van der Waals surface area contributed by atoms with Gasteiger partial charge in [0.1, 0.15) is 5.75 Å². The Morgan fingerprint density at radius 2 is 1.67 bits per heavy atom. The van der Waals surface area contributed by atoms with Gasteiger partial charge in [0.15, 0.2) is 0 Å². The summed E-state index contributed by atoms with van der Waals surface area (Å²) in [4.78, 5) is 13.8. The highest BCUT2D eigenvalue weighted by Gasteiger charge is 2.53. The molecule has 0 atom stereocenters. The van der Waals surface area contributed by atoms with Gasteiger partial charge in [-0.2, -0.15) is 0 Å². The second-order valence-electron chi connectivity index (χ2n) is 6.53. The van der Waals surface area contributed by atoms with Crippen LogP contribution in [-0.2, 0) is 9.31 Å². The van der Waals surface area contributed by atoms with E-state index in [4.69, 9.17) is 9.31 Å². The summed E-state index contributed by atoms with van der Waals surface area (Å²) < 4.78 is 11.9. The largest absolute Gasteiger partial charge is 0.508 e. The maximum absolute atomic E-state index is 12.3. The van der Waals surface area contributed by atoms with Gasteiger partial charge in [-0.05, 0) is 39.8 Å². The van der Waals surface area contributed by atoms with Gasteiger partial charge in [0.2, 0.25) is 0 Å². The number of hydrogen-bond acceptors (Lipinski definition) is 4. The Balaban J connectivity index is 2.48. The Bertz CT molecular complexity index is 553. The molecule has 1 heterocycles. The molecular formula is C15H22BNO4. The number of nitrogens with zero attached hydrogens (tertiary/aromatic N) is 1. The number of phenols is 1. The van der Waals surface area contributed by atoms with Crippen LogP contribution in [0, 0.1) is 0 Å². The predicted octanol–water partition coefficient (Wildman–Crippen LogP) is 1.39. The van der Waals surface area contributed by atoms with Crippen molar-refractivity contribution < 1.29 is 19.2 Å². The van der Waals surface area contributed by atoms with Crippen LogP contribution >= 0.6 is 0 Å². The molecule has 0 unspecified atom stereocenters. The monoisotopic (exact) mass is 291 g/mol. The van der Waals surface area contributed by atoms with E-state index in [0.29, 0.717) is 11.0 Å². The molecule has 0 spiro atoms. The average molecular weight is 291 g/mol. The van der Waals surface area contributed by atoms with Crippen molar-refractivity contribution >= 4 is 18.5 Å². The van der Waals surface area contributed by atoms with Crippen LogP contribution in [0.1, 0.15) is 38.1 Å². The molecule has 0 saturated carbocycles. The Morgan fingerprint density at radius 1 is 1.14 bits per heavy atom. The lowest BCUT2D eigenvalue weighted by atomic mass is 9.75. The van der Waals surface area contributed by atoms with E-state index in [9.17, 15) is 9.90 Å². The van der Waals surface area contributed by atoms with Crippen molar-refractivity contribution in [3.05, 3.63) is 23.8 Å². The van der Waals surface area contributed by atoms with Crippen LogP contribution in [0.5, 0.6) is 5.75 Å². The fraction of sp³-hybridized carbons (Fsp3) is 0.533. The molecule has 1 aliphatic rings. The number of rotatable bonds is 2. The van der Waals surface area contributed by atoms with E-state index in [-0.39, 0.29) is 11.7 Å². The maximum Gasteiger partial charge on any atom is 0.499 e. The third-order valence-corrected chi connectivity index (χ3v) is 4.21. The minimum atomic E-state index is -0.768. The van der Waals surface area contributed by atoms with Crippen LogP contribution < -0.4 is 5.46 Å². The molecule has 1 aromatic rings. The lowest BCUT2D eigenvalue weighted by molar-refractivity contribution is 0.00578. The first-order valence-corrected chi connectivity index (χ1v) is 6.96. The summed E-state index contributed by atoms with van der Waals surface area (Å²) in [7, 11) is 2.57. The van der Waals surface area contributed by atoms with Crippen LogP contribution in [0.2, 0.25) is 0 Å². The number of carbonyl (C=O) groups is 1. The van der Waals surface area contributed by atoms with E-state index in [1.165, 1.54) is 11.0 Å². The molecule has 0 aliphatic carbocycles. The number of amides is 1. The Morgan fingerprint density at radius 3 is 2.14 bits per heavy atom. The smallest absolute Gasteiger partial charge is 0.499 e. The van der Waals surface area contributed by atoms with Crippen LogP contribution in [0.25, 0.3) is 0 Å². The molecule has 2 rings (SSSR count). The Hall–Kier alpha value is -1.53. The molecule has 1 N–H and O–H groups in total. The average Bonchev–Trinajstić information content (AvgIpc) is 2.56. The first-order valence-electron chi connectivity index (χ1n) is 6.96. The molecular weight excluding hydrogens is 269 g/mol. The zero-order chi connectivity index (χ0) is 16.0. The number of benzene rings is 1. The van der Waals surface area contributed by atoms with Crippen molar-refractivity contribution in [3.8, 4) is 5.75 Å². The Kier molecular flexibility index (Phi) is 3.80. The maximum atomic E-state index is 12.3. The molecule has 1 fully saturated rings. The van der Waals surface area contributed by atoms with Crippen molar-refractivity contribution in [2.45, 2.75) is 38.9 Å². The van der Waals surface area contributed by atoms with E-state index < -0.39 is 18.3 Å². The number of phenolic OH excluding ortho intramolecular Hbond substituents is 1. The second-order valence-corrected chi connectivity index (χ2v) is 6.53. The van der Waals surface area contributed by atoms with Crippen molar-refractivity contribution in [2.24, 2.45) is 0 Å². The van der Waals surface area contributed by atoms with Gasteiger partial charge in [-0.15, -0.1) is 0 Å². The molecule has 1 aliphatic heterocycles. The summed E-state index contributed by atoms with van der Waals surface area (Å²) in [6.07, 6.45) is 0. The summed E-state index contributed by atoms with van der Waals surface area (Å²) in [5, 5.41) is 10.2. The van der Waals surface area contributed by atoms with Crippen LogP contribution in [0.4, 0.5) is 0 Å². The molecule has 114 valence electrons. The van der Waals surface area contributed by atoms with Crippen molar-refractivity contribution in [1.29, 1.82) is 0 Å². The zero-order valence-electron chi connectivity index (χ0n) is 13.4. The molecule has 5 nitrogen and oxygen atoms in total. The van der Waals surface area contributed by atoms with Gasteiger partial charge in [0.25, 0.3) is 5.91 Å². The summed E-state index contributed by atoms with van der Waals surface area (Å²) in [5.74, 6) is -0.197. The first kappa shape index (κ1) is 15.9. The van der Waals surface area contributed by atoms with Crippen molar-refractivity contribution in [3.63, 3.8) is 0 Å². The zero-order valence-corrected chi connectivity index (χ0v) is 13.4.